The fraction of sp³-hybridized carbons (Fsp3) is 0.400. The second kappa shape index (κ2) is 10.4. The third-order valence-electron chi connectivity index (χ3n) is 4.62. The number of pyridine rings is 1. The fourth-order valence-corrected chi connectivity index (χ4v) is 2.97. The molecule has 1 aromatic heterocycles. The van der Waals surface area contributed by atoms with Crippen molar-refractivity contribution < 1.29 is 14.5 Å². The van der Waals surface area contributed by atoms with Crippen LogP contribution in [-0.2, 0) is 16.1 Å². The maximum atomic E-state index is 12.0. The largest absolute Gasteiger partial charge is 0.385 e. The molecule has 0 saturated carbocycles. The zero-order valence-electron chi connectivity index (χ0n) is 16.2. The van der Waals surface area contributed by atoms with Crippen LogP contribution in [0.4, 0.5) is 17.2 Å². The van der Waals surface area contributed by atoms with Crippen molar-refractivity contribution in [3.05, 3.63) is 58.3 Å². The third kappa shape index (κ3) is 6.42. The Morgan fingerprint density at radius 1 is 1.17 bits per heavy atom. The van der Waals surface area contributed by atoms with Gasteiger partial charge < -0.3 is 20.3 Å². The average molecular weight is 399 g/mol. The average Bonchev–Trinajstić information content (AvgIpc) is 2.76. The van der Waals surface area contributed by atoms with E-state index >= 15 is 0 Å². The molecule has 0 spiro atoms. The highest BCUT2D eigenvalue weighted by molar-refractivity contribution is 5.75. The van der Waals surface area contributed by atoms with Gasteiger partial charge in [0.25, 0.3) is 5.69 Å². The van der Waals surface area contributed by atoms with E-state index in [0.717, 1.165) is 43.4 Å². The molecule has 154 valence electrons. The first-order valence-corrected chi connectivity index (χ1v) is 9.64. The first-order valence-electron chi connectivity index (χ1n) is 9.64. The van der Waals surface area contributed by atoms with Gasteiger partial charge in [-0.3, -0.25) is 14.9 Å². The summed E-state index contributed by atoms with van der Waals surface area (Å²) in [5.74, 6) is 0.911. The molecule has 2 N–H and O–H groups in total. The third-order valence-corrected chi connectivity index (χ3v) is 4.62. The molecule has 1 aromatic carbocycles. The minimum absolute atomic E-state index is 0.0206. The number of amides is 1. The first-order chi connectivity index (χ1) is 14.1. The van der Waals surface area contributed by atoms with E-state index in [0.29, 0.717) is 25.9 Å². The Morgan fingerprint density at radius 3 is 2.59 bits per heavy atom. The molecular weight excluding hydrogens is 374 g/mol. The molecule has 29 heavy (non-hydrogen) atoms. The number of nitrogens with one attached hydrogen (secondary N) is 2. The predicted octanol–water partition coefficient (Wildman–Crippen LogP) is 2.33. The van der Waals surface area contributed by atoms with Crippen LogP contribution in [0, 0.1) is 10.1 Å². The van der Waals surface area contributed by atoms with Crippen LogP contribution in [0.3, 0.4) is 0 Å². The van der Waals surface area contributed by atoms with Crippen molar-refractivity contribution >= 4 is 23.1 Å². The number of anilines is 2. The van der Waals surface area contributed by atoms with Crippen molar-refractivity contribution in [2.45, 2.75) is 19.4 Å². The number of nitro groups is 1. The predicted molar refractivity (Wildman–Crippen MR) is 110 cm³/mol. The number of non-ortho nitro benzene ring substituents is 1. The molecule has 9 nitrogen and oxygen atoms in total. The van der Waals surface area contributed by atoms with Gasteiger partial charge >= 0.3 is 0 Å². The smallest absolute Gasteiger partial charge is 0.269 e. The molecule has 0 aliphatic carbocycles. The number of morpholine rings is 1. The van der Waals surface area contributed by atoms with E-state index in [1.54, 1.807) is 18.3 Å². The molecule has 1 amide bonds. The van der Waals surface area contributed by atoms with Crippen molar-refractivity contribution in [2.75, 3.05) is 43.1 Å². The summed E-state index contributed by atoms with van der Waals surface area (Å²) in [5, 5.41) is 16.7. The SMILES string of the molecule is O=C(CCCNc1ccc([N+](=O)[O-])cc1)NCc1ccc(N2CCOCC2)nc1. The molecule has 1 aliphatic rings. The highest BCUT2D eigenvalue weighted by atomic mass is 16.6. The summed E-state index contributed by atoms with van der Waals surface area (Å²) >= 11 is 0. The number of benzene rings is 1. The molecular formula is C20H25N5O4. The zero-order chi connectivity index (χ0) is 20.5. The van der Waals surface area contributed by atoms with Gasteiger partial charge in [-0.1, -0.05) is 6.07 Å². The summed E-state index contributed by atoms with van der Waals surface area (Å²) in [6.07, 6.45) is 2.86. The summed E-state index contributed by atoms with van der Waals surface area (Å²) in [6.45, 7) is 4.19. The Balaban J connectivity index is 1.33. The topological polar surface area (TPSA) is 110 Å². The molecule has 1 fully saturated rings. The fourth-order valence-electron chi connectivity index (χ4n) is 2.97. The Morgan fingerprint density at radius 2 is 1.93 bits per heavy atom. The Bertz CT molecular complexity index is 805. The minimum atomic E-state index is -0.431. The van der Waals surface area contributed by atoms with E-state index < -0.39 is 4.92 Å². The minimum Gasteiger partial charge on any atom is -0.385 e. The number of hydrogen-bond donors (Lipinski definition) is 2. The van der Waals surface area contributed by atoms with E-state index in [4.69, 9.17) is 4.74 Å². The molecule has 2 heterocycles. The monoisotopic (exact) mass is 399 g/mol. The second-order valence-corrected chi connectivity index (χ2v) is 6.74. The van der Waals surface area contributed by atoms with Crippen LogP contribution in [-0.4, -0.2) is 48.7 Å². The van der Waals surface area contributed by atoms with E-state index in [1.165, 1.54) is 12.1 Å². The van der Waals surface area contributed by atoms with Crippen LogP contribution in [0.5, 0.6) is 0 Å². The number of rotatable bonds is 9. The van der Waals surface area contributed by atoms with Gasteiger partial charge in [-0.05, 0) is 30.2 Å². The number of carbonyl (C=O) groups excluding carboxylic acids is 1. The highest BCUT2D eigenvalue weighted by Crippen LogP contribution is 2.15. The van der Waals surface area contributed by atoms with Crippen LogP contribution in [0.2, 0.25) is 0 Å². The highest BCUT2D eigenvalue weighted by Gasteiger charge is 2.12. The molecule has 2 aromatic rings. The van der Waals surface area contributed by atoms with Gasteiger partial charge in [0.2, 0.25) is 5.91 Å². The standard InChI is InChI=1S/C20H25N5O4/c26-20(2-1-9-21-17-4-6-18(7-5-17)25(27)28)23-15-16-3-8-19(22-14-16)24-10-12-29-13-11-24/h3-8,14,21H,1-2,9-13,15H2,(H,23,26). The maximum absolute atomic E-state index is 12.0. The Hall–Kier alpha value is -3.20. The lowest BCUT2D eigenvalue weighted by atomic mass is 10.2. The van der Waals surface area contributed by atoms with Gasteiger partial charge in [0.1, 0.15) is 5.82 Å². The van der Waals surface area contributed by atoms with Crippen LogP contribution in [0.25, 0.3) is 0 Å². The normalized spacial score (nSPS) is 13.7. The van der Waals surface area contributed by atoms with Crippen LogP contribution in [0.15, 0.2) is 42.6 Å². The Kier molecular flexibility index (Phi) is 7.34. The molecule has 9 heteroatoms. The van der Waals surface area contributed by atoms with Crippen LogP contribution >= 0.6 is 0 Å². The molecule has 1 aliphatic heterocycles. The lowest BCUT2D eigenvalue weighted by Gasteiger charge is -2.27. The van der Waals surface area contributed by atoms with Gasteiger partial charge in [-0.15, -0.1) is 0 Å². The summed E-state index contributed by atoms with van der Waals surface area (Å²) in [7, 11) is 0. The first kappa shape index (κ1) is 20.5. The summed E-state index contributed by atoms with van der Waals surface area (Å²) in [4.78, 5) is 28.9. The molecule has 1 saturated heterocycles. The molecule has 0 atom stereocenters. The summed E-state index contributed by atoms with van der Waals surface area (Å²) < 4.78 is 5.34. The van der Waals surface area contributed by atoms with Crippen molar-refractivity contribution in [3.63, 3.8) is 0 Å². The molecule has 3 rings (SSSR count). The lowest BCUT2D eigenvalue weighted by Crippen LogP contribution is -2.36. The van der Waals surface area contributed by atoms with Crippen molar-refractivity contribution in [1.82, 2.24) is 10.3 Å². The number of nitro benzene ring substituents is 1. The van der Waals surface area contributed by atoms with Gasteiger partial charge in [0, 0.05) is 56.6 Å². The number of ether oxygens (including phenoxy) is 1. The van der Waals surface area contributed by atoms with E-state index in [9.17, 15) is 14.9 Å². The lowest BCUT2D eigenvalue weighted by molar-refractivity contribution is -0.384. The Labute approximate surface area is 169 Å². The van der Waals surface area contributed by atoms with Crippen LogP contribution in [0.1, 0.15) is 18.4 Å². The quantitative estimate of drug-likeness (QED) is 0.378. The molecule has 0 unspecified atom stereocenters. The van der Waals surface area contributed by atoms with Gasteiger partial charge in [-0.2, -0.15) is 0 Å². The number of aromatic nitrogens is 1. The zero-order valence-corrected chi connectivity index (χ0v) is 16.2. The number of carbonyl (C=O) groups is 1. The van der Waals surface area contributed by atoms with E-state index in [-0.39, 0.29) is 11.6 Å². The van der Waals surface area contributed by atoms with Gasteiger partial charge in [0.05, 0.1) is 18.1 Å². The molecule has 0 radical (unpaired) electrons. The van der Waals surface area contributed by atoms with Crippen molar-refractivity contribution in [2.24, 2.45) is 0 Å². The summed E-state index contributed by atoms with van der Waals surface area (Å²) in [5.41, 5.74) is 1.81. The van der Waals surface area contributed by atoms with Crippen molar-refractivity contribution in [1.29, 1.82) is 0 Å². The van der Waals surface area contributed by atoms with Crippen LogP contribution < -0.4 is 15.5 Å². The summed E-state index contributed by atoms with van der Waals surface area (Å²) in [6, 6.07) is 10.2. The molecule has 0 bridgehead atoms. The second-order valence-electron chi connectivity index (χ2n) is 6.74. The van der Waals surface area contributed by atoms with Crippen molar-refractivity contribution in [3.8, 4) is 0 Å². The van der Waals surface area contributed by atoms with E-state index in [2.05, 4.69) is 20.5 Å². The van der Waals surface area contributed by atoms with E-state index in [1.807, 2.05) is 12.1 Å². The maximum Gasteiger partial charge on any atom is 0.269 e. The van der Waals surface area contributed by atoms with Gasteiger partial charge in [-0.25, -0.2) is 4.98 Å². The van der Waals surface area contributed by atoms with Gasteiger partial charge in [0.15, 0.2) is 0 Å². The number of hydrogen-bond acceptors (Lipinski definition) is 7. The number of nitrogens with zero attached hydrogens (tertiary/aromatic N) is 3.